The predicted octanol–water partition coefficient (Wildman–Crippen LogP) is 1.66. The van der Waals surface area contributed by atoms with E-state index < -0.39 is 0 Å². The van der Waals surface area contributed by atoms with Crippen LogP contribution in [0.5, 0.6) is 0 Å². The van der Waals surface area contributed by atoms with E-state index in [9.17, 15) is 9.59 Å². The molecule has 0 fully saturated rings. The summed E-state index contributed by atoms with van der Waals surface area (Å²) in [6.45, 7) is 15.8. The lowest BCUT2D eigenvalue weighted by atomic mass is 10.3. The van der Waals surface area contributed by atoms with Gasteiger partial charge in [0.2, 0.25) is 11.8 Å². The van der Waals surface area contributed by atoms with E-state index in [1.807, 2.05) is 0 Å². The van der Waals surface area contributed by atoms with E-state index in [-0.39, 0.29) is 17.8 Å². The zero-order chi connectivity index (χ0) is 17.0. The molecular formula is C16H26N2O4. The molecule has 0 aliphatic heterocycles. The molecular weight excluding hydrogens is 284 g/mol. The van der Waals surface area contributed by atoms with Gasteiger partial charge in [0.25, 0.3) is 5.95 Å². The number of carbonyl (C=O) groups excluding carboxylic acids is 2. The van der Waals surface area contributed by atoms with Crippen LogP contribution in [0.3, 0.4) is 0 Å². The van der Waals surface area contributed by atoms with Crippen molar-refractivity contribution < 1.29 is 19.1 Å². The van der Waals surface area contributed by atoms with Crippen LogP contribution in [0.1, 0.15) is 26.7 Å². The molecule has 6 heteroatoms. The van der Waals surface area contributed by atoms with Crippen molar-refractivity contribution in [3.63, 3.8) is 0 Å². The Hall–Kier alpha value is -2.24. The molecule has 0 aromatic heterocycles. The van der Waals surface area contributed by atoms with E-state index in [4.69, 9.17) is 9.47 Å². The minimum Gasteiger partial charge on any atom is -0.466 e. The molecule has 22 heavy (non-hydrogen) atoms. The summed E-state index contributed by atoms with van der Waals surface area (Å²) in [4.78, 5) is 22.4. The second-order valence-electron chi connectivity index (χ2n) is 4.85. The van der Waals surface area contributed by atoms with E-state index in [1.165, 1.54) is 0 Å². The van der Waals surface area contributed by atoms with Crippen LogP contribution in [0.4, 0.5) is 0 Å². The highest BCUT2D eigenvalue weighted by molar-refractivity contribution is 5.92. The lowest BCUT2D eigenvalue weighted by molar-refractivity contribution is -0.118. The Bertz CT molecular complexity index is 392. The number of hydrogen-bond donors (Lipinski definition) is 2. The fourth-order valence-electron chi connectivity index (χ4n) is 1.26. The summed E-state index contributed by atoms with van der Waals surface area (Å²) in [5.74, 6) is -0.0868. The molecule has 0 heterocycles. The Morgan fingerprint density at radius 3 is 1.50 bits per heavy atom. The van der Waals surface area contributed by atoms with E-state index >= 15 is 0 Å². The van der Waals surface area contributed by atoms with Gasteiger partial charge in [0.15, 0.2) is 0 Å². The van der Waals surface area contributed by atoms with Crippen molar-refractivity contribution in [1.29, 1.82) is 0 Å². The molecule has 2 N–H and O–H groups in total. The fourth-order valence-corrected chi connectivity index (χ4v) is 1.26. The number of carbonyl (C=O) groups is 2. The Balaban J connectivity index is 3.47. The highest BCUT2D eigenvalue weighted by Crippen LogP contribution is 1.98. The van der Waals surface area contributed by atoms with Crippen molar-refractivity contribution in [1.82, 2.24) is 10.6 Å². The number of ether oxygens (including phenoxy) is 2. The molecule has 0 atom stereocenters. The van der Waals surface area contributed by atoms with Crippen molar-refractivity contribution in [2.45, 2.75) is 26.7 Å². The molecule has 0 spiro atoms. The first-order chi connectivity index (χ1) is 10.3. The minimum atomic E-state index is -0.160. The average Bonchev–Trinajstić information content (AvgIpc) is 2.45. The molecule has 0 saturated heterocycles. The van der Waals surface area contributed by atoms with Crippen molar-refractivity contribution in [2.75, 3.05) is 26.3 Å². The van der Waals surface area contributed by atoms with Gasteiger partial charge in [-0.05, 0) is 33.3 Å². The Labute approximate surface area is 132 Å². The summed E-state index contributed by atoms with van der Waals surface area (Å²) in [5, 5.41) is 5.40. The molecule has 2 amide bonds. The normalized spacial score (nSPS) is 9.55. The van der Waals surface area contributed by atoms with Gasteiger partial charge in [-0.25, -0.2) is 0 Å². The first kappa shape index (κ1) is 19.8. The van der Waals surface area contributed by atoms with Crippen LogP contribution in [0, 0.1) is 0 Å². The third-order valence-electron chi connectivity index (χ3n) is 2.51. The van der Waals surface area contributed by atoms with Gasteiger partial charge in [0.05, 0.1) is 13.2 Å². The number of nitrogens with one attached hydrogen (secondary N) is 2. The summed E-state index contributed by atoms with van der Waals surface area (Å²) in [6.07, 6.45) is 1.30. The molecule has 0 unspecified atom stereocenters. The van der Waals surface area contributed by atoms with E-state index in [0.29, 0.717) is 50.3 Å². The SMILES string of the molecule is C=C(OCCCNC(=O)C(=C)C)OCCCNC(=O)C(=C)C. The van der Waals surface area contributed by atoms with Crippen LogP contribution < -0.4 is 10.6 Å². The molecule has 6 nitrogen and oxygen atoms in total. The standard InChI is InChI=1S/C16H26N2O4/c1-12(2)15(19)17-8-6-10-21-14(5)22-11-7-9-18-16(20)13(3)4/h1,3,5-11H2,2,4H3,(H,17,19)(H,18,20). The van der Waals surface area contributed by atoms with Crippen LogP contribution in [-0.2, 0) is 19.1 Å². The maximum absolute atomic E-state index is 11.2. The van der Waals surface area contributed by atoms with Gasteiger partial charge in [-0.1, -0.05) is 13.2 Å². The summed E-state index contributed by atoms with van der Waals surface area (Å²) in [7, 11) is 0. The molecule has 124 valence electrons. The Morgan fingerprint density at radius 2 is 1.18 bits per heavy atom. The largest absolute Gasteiger partial charge is 0.466 e. The number of hydrogen-bond acceptors (Lipinski definition) is 4. The molecule has 0 aliphatic carbocycles. The summed E-state index contributed by atoms with van der Waals surface area (Å²) in [5.41, 5.74) is 0.958. The van der Waals surface area contributed by atoms with Gasteiger partial charge in [-0.15, -0.1) is 0 Å². The molecule has 0 bridgehead atoms. The third kappa shape index (κ3) is 10.5. The molecule has 0 aliphatic rings. The summed E-state index contributed by atoms with van der Waals surface area (Å²) >= 11 is 0. The topological polar surface area (TPSA) is 76.7 Å². The third-order valence-corrected chi connectivity index (χ3v) is 2.51. The molecule has 0 rings (SSSR count). The van der Waals surface area contributed by atoms with Crippen molar-refractivity contribution in [3.05, 3.63) is 36.8 Å². The molecule has 0 aromatic carbocycles. The van der Waals surface area contributed by atoms with Crippen LogP contribution >= 0.6 is 0 Å². The van der Waals surface area contributed by atoms with Crippen molar-refractivity contribution in [2.24, 2.45) is 0 Å². The second-order valence-corrected chi connectivity index (χ2v) is 4.85. The highest BCUT2D eigenvalue weighted by atomic mass is 16.7. The monoisotopic (exact) mass is 310 g/mol. The molecule has 0 radical (unpaired) electrons. The van der Waals surface area contributed by atoms with Gasteiger partial charge in [0.1, 0.15) is 0 Å². The minimum absolute atomic E-state index is 0.160. The van der Waals surface area contributed by atoms with Crippen LogP contribution in [0.15, 0.2) is 36.8 Å². The van der Waals surface area contributed by atoms with E-state index in [0.717, 1.165) is 0 Å². The lowest BCUT2D eigenvalue weighted by Crippen LogP contribution is -2.25. The maximum atomic E-state index is 11.2. The maximum Gasteiger partial charge on any atom is 0.271 e. The molecule has 0 saturated carbocycles. The second kappa shape index (κ2) is 11.4. The van der Waals surface area contributed by atoms with Crippen molar-refractivity contribution in [3.8, 4) is 0 Å². The van der Waals surface area contributed by atoms with Crippen LogP contribution in [0.2, 0.25) is 0 Å². The average molecular weight is 310 g/mol. The van der Waals surface area contributed by atoms with Crippen LogP contribution in [0.25, 0.3) is 0 Å². The van der Waals surface area contributed by atoms with E-state index in [1.54, 1.807) is 13.8 Å². The number of amides is 2. The van der Waals surface area contributed by atoms with E-state index in [2.05, 4.69) is 30.4 Å². The quantitative estimate of drug-likeness (QED) is 0.326. The van der Waals surface area contributed by atoms with Gasteiger partial charge in [-0.2, -0.15) is 0 Å². The van der Waals surface area contributed by atoms with Gasteiger partial charge in [0, 0.05) is 24.2 Å². The number of rotatable bonds is 12. The lowest BCUT2D eigenvalue weighted by Gasteiger charge is -2.11. The Morgan fingerprint density at radius 1 is 0.818 bits per heavy atom. The zero-order valence-electron chi connectivity index (χ0n) is 13.5. The first-order valence-electron chi connectivity index (χ1n) is 7.16. The predicted molar refractivity (Wildman–Crippen MR) is 85.9 cm³/mol. The fraction of sp³-hybridized carbons (Fsp3) is 0.500. The highest BCUT2D eigenvalue weighted by Gasteiger charge is 2.02. The van der Waals surface area contributed by atoms with Gasteiger partial charge >= 0.3 is 0 Å². The zero-order valence-corrected chi connectivity index (χ0v) is 13.5. The smallest absolute Gasteiger partial charge is 0.271 e. The van der Waals surface area contributed by atoms with Crippen LogP contribution in [-0.4, -0.2) is 38.1 Å². The summed E-state index contributed by atoms with van der Waals surface area (Å²) < 4.78 is 10.5. The summed E-state index contributed by atoms with van der Waals surface area (Å²) in [6, 6.07) is 0. The van der Waals surface area contributed by atoms with Gasteiger partial charge in [-0.3, -0.25) is 9.59 Å². The van der Waals surface area contributed by atoms with Gasteiger partial charge < -0.3 is 20.1 Å². The van der Waals surface area contributed by atoms with Crippen molar-refractivity contribution >= 4 is 11.8 Å². The Kier molecular flexibility index (Phi) is 10.3. The molecule has 0 aromatic rings. The first-order valence-corrected chi connectivity index (χ1v) is 7.16.